The average molecular weight is 548 g/mol. The van der Waals surface area contributed by atoms with Crippen LogP contribution in [0.15, 0.2) is 36.8 Å². The maximum atomic E-state index is 12.8. The molecule has 1 fully saturated rings. The number of aryl methyl sites for hydroxylation is 1. The maximum absolute atomic E-state index is 12.8. The Morgan fingerprint density at radius 2 is 2.03 bits per heavy atom. The van der Waals surface area contributed by atoms with E-state index in [1.807, 2.05) is 35.7 Å². The first-order valence-corrected chi connectivity index (χ1v) is 11.7. The van der Waals surface area contributed by atoms with Crippen molar-refractivity contribution in [3.8, 4) is 0 Å². The zero-order chi connectivity index (χ0) is 22.7. The van der Waals surface area contributed by atoms with Crippen molar-refractivity contribution in [1.29, 1.82) is 0 Å². The van der Waals surface area contributed by atoms with Gasteiger partial charge in [0.05, 0.1) is 6.20 Å². The molecule has 0 aliphatic carbocycles. The highest BCUT2D eigenvalue weighted by Crippen LogP contribution is 2.23. The van der Waals surface area contributed by atoms with E-state index in [0.717, 1.165) is 33.4 Å². The summed E-state index contributed by atoms with van der Waals surface area (Å²) < 4.78 is 2.96. The number of benzene rings is 1. The third kappa shape index (κ3) is 4.79. The minimum Gasteiger partial charge on any atom is -0.465 e. The van der Waals surface area contributed by atoms with E-state index in [1.54, 1.807) is 12.4 Å². The van der Waals surface area contributed by atoms with Crippen LogP contribution in [-0.4, -0.2) is 56.0 Å². The van der Waals surface area contributed by atoms with Crippen LogP contribution in [0.4, 0.5) is 16.3 Å². The summed E-state index contributed by atoms with van der Waals surface area (Å²) in [6.07, 6.45) is 6.76. The summed E-state index contributed by atoms with van der Waals surface area (Å²) in [4.78, 5) is 34.1. The van der Waals surface area contributed by atoms with Gasteiger partial charge in [-0.05, 0) is 71.5 Å². The number of aromatic nitrogens is 3. The number of carbonyl (C=O) groups excluding carboxylic acids is 1. The Kier molecular flexibility index (Phi) is 6.77. The minimum absolute atomic E-state index is 0.0999. The number of likely N-dealkylation sites (tertiary alicyclic amines) is 1. The van der Waals surface area contributed by atoms with Gasteiger partial charge in [-0.2, -0.15) is 0 Å². The van der Waals surface area contributed by atoms with Crippen LogP contribution in [0.5, 0.6) is 0 Å². The minimum atomic E-state index is -0.873. The van der Waals surface area contributed by atoms with Crippen LogP contribution in [0.3, 0.4) is 0 Å². The lowest BCUT2D eigenvalue weighted by Gasteiger charge is -2.30. The highest BCUT2D eigenvalue weighted by molar-refractivity contribution is 14.1. The molecule has 3 aromatic rings. The molecule has 3 heterocycles. The highest BCUT2D eigenvalue weighted by atomic mass is 127. The van der Waals surface area contributed by atoms with Crippen LogP contribution < -0.4 is 10.6 Å². The van der Waals surface area contributed by atoms with Crippen LogP contribution in [-0.2, 0) is 6.42 Å². The maximum Gasteiger partial charge on any atom is 0.407 e. The molecule has 32 heavy (non-hydrogen) atoms. The van der Waals surface area contributed by atoms with Gasteiger partial charge in [-0.25, -0.2) is 14.8 Å². The van der Waals surface area contributed by atoms with Crippen LogP contribution in [0.2, 0.25) is 0 Å². The molecule has 0 spiro atoms. The summed E-state index contributed by atoms with van der Waals surface area (Å²) in [6, 6.07) is 5.68. The van der Waals surface area contributed by atoms with Crippen LogP contribution in [0.25, 0.3) is 5.65 Å². The van der Waals surface area contributed by atoms with Gasteiger partial charge >= 0.3 is 6.09 Å². The molecule has 1 aliphatic heterocycles. The van der Waals surface area contributed by atoms with Crippen molar-refractivity contribution < 1.29 is 14.7 Å². The molecule has 9 nitrogen and oxygen atoms in total. The number of carbonyl (C=O) groups is 2. The number of halogens is 1. The first-order valence-electron chi connectivity index (χ1n) is 10.6. The summed E-state index contributed by atoms with van der Waals surface area (Å²) in [6.45, 7) is 3.62. The second-order valence-electron chi connectivity index (χ2n) is 7.82. The Hall–Kier alpha value is -2.89. The van der Waals surface area contributed by atoms with Crippen molar-refractivity contribution in [3.63, 3.8) is 0 Å². The van der Waals surface area contributed by atoms with Gasteiger partial charge < -0.3 is 20.6 Å². The van der Waals surface area contributed by atoms with Crippen LogP contribution >= 0.6 is 22.6 Å². The van der Waals surface area contributed by atoms with Crippen molar-refractivity contribution in [2.24, 2.45) is 5.92 Å². The molecule has 10 heteroatoms. The summed E-state index contributed by atoms with van der Waals surface area (Å²) >= 11 is 2.22. The Labute approximate surface area is 199 Å². The first kappa shape index (κ1) is 22.3. The van der Waals surface area contributed by atoms with Gasteiger partial charge in [-0.15, -0.1) is 0 Å². The van der Waals surface area contributed by atoms with E-state index in [0.29, 0.717) is 43.4 Å². The molecular formula is C22H25IN6O3. The molecule has 0 unspecified atom stereocenters. The number of fused-ring (bicyclic) bond motifs is 1. The van der Waals surface area contributed by atoms with Crippen molar-refractivity contribution in [1.82, 2.24) is 24.6 Å². The van der Waals surface area contributed by atoms with Gasteiger partial charge in [-0.3, -0.25) is 9.20 Å². The van der Waals surface area contributed by atoms with E-state index >= 15 is 0 Å². The number of carboxylic acid groups (broad SMARTS) is 1. The van der Waals surface area contributed by atoms with E-state index in [4.69, 9.17) is 5.11 Å². The second kappa shape index (κ2) is 9.72. The van der Waals surface area contributed by atoms with E-state index in [2.05, 4.69) is 43.2 Å². The third-order valence-corrected chi connectivity index (χ3v) is 6.61. The predicted molar refractivity (Wildman–Crippen MR) is 129 cm³/mol. The van der Waals surface area contributed by atoms with Gasteiger partial charge in [0.15, 0.2) is 11.5 Å². The largest absolute Gasteiger partial charge is 0.465 e. The molecule has 3 N–H and O–H groups in total. The zero-order valence-corrected chi connectivity index (χ0v) is 19.9. The molecule has 2 amide bonds. The van der Waals surface area contributed by atoms with E-state index < -0.39 is 6.09 Å². The smallest absolute Gasteiger partial charge is 0.407 e. The molecule has 1 saturated heterocycles. The fraction of sp³-hybridized carbons (Fsp3) is 0.364. The normalized spacial score (nSPS) is 14.5. The average Bonchev–Trinajstić information content (AvgIpc) is 3.19. The van der Waals surface area contributed by atoms with Crippen molar-refractivity contribution in [2.45, 2.75) is 26.2 Å². The van der Waals surface area contributed by atoms with Crippen molar-refractivity contribution >= 4 is 51.7 Å². The Bertz CT molecular complexity index is 1140. The number of amides is 2. The standard InChI is InChI=1S/C22H25IN6O3/c1-2-15-11-16(27-19-20-25-13-18(23)29(20)10-7-24-19)3-4-17(15)21(30)26-12-14-5-8-28(9-6-14)22(31)32/h3-4,7,10-11,13-14H,2,5-6,8-9,12H2,1H3,(H,24,27)(H,26,30)(H,31,32). The van der Waals surface area contributed by atoms with E-state index in [-0.39, 0.29) is 5.91 Å². The zero-order valence-electron chi connectivity index (χ0n) is 17.7. The lowest BCUT2D eigenvalue weighted by atomic mass is 9.96. The van der Waals surface area contributed by atoms with Crippen LogP contribution in [0, 0.1) is 9.62 Å². The summed E-state index contributed by atoms with van der Waals surface area (Å²) in [5, 5.41) is 15.4. The number of imidazole rings is 1. The molecular weight excluding hydrogens is 523 g/mol. The molecule has 2 aromatic heterocycles. The van der Waals surface area contributed by atoms with Crippen molar-refractivity contribution in [3.05, 3.63) is 51.6 Å². The Morgan fingerprint density at radius 1 is 1.25 bits per heavy atom. The second-order valence-corrected chi connectivity index (χ2v) is 8.93. The van der Waals surface area contributed by atoms with Crippen molar-refractivity contribution in [2.75, 3.05) is 25.0 Å². The molecule has 0 atom stereocenters. The number of rotatable bonds is 6. The number of hydrogen-bond acceptors (Lipinski definition) is 5. The number of anilines is 2. The fourth-order valence-electron chi connectivity index (χ4n) is 3.96. The van der Waals surface area contributed by atoms with Gasteiger partial charge in [0.1, 0.15) is 3.70 Å². The summed E-state index contributed by atoms with van der Waals surface area (Å²) in [5.74, 6) is 0.851. The van der Waals surface area contributed by atoms with E-state index in [9.17, 15) is 9.59 Å². The molecule has 1 aliphatic rings. The molecule has 0 bridgehead atoms. The number of nitrogens with zero attached hydrogens (tertiary/aromatic N) is 4. The van der Waals surface area contributed by atoms with Crippen LogP contribution in [0.1, 0.15) is 35.7 Å². The Morgan fingerprint density at radius 3 is 2.75 bits per heavy atom. The number of hydrogen-bond donors (Lipinski definition) is 3. The number of piperidine rings is 1. The highest BCUT2D eigenvalue weighted by Gasteiger charge is 2.23. The lowest BCUT2D eigenvalue weighted by molar-refractivity contribution is 0.0928. The summed E-state index contributed by atoms with van der Waals surface area (Å²) in [7, 11) is 0. The topological polar surface area (TPSA) is 112 Å². The third-order valence-electron chi connectivity index (χ3n) is 5.81. The molecule has 168 valence electrons. The SMILES string of the molecule is CCc1cc(Nc2nccn3c(I)cnc23)ccc1C(=O)NCC1CCN(C(=O)O)CC1. The van der Waals surface area contributed by atoms with Gasteiger partial charge in [0.2, 0.25) is 0 Å². The van der Waals surface area contributed by atoms with Gasteiger partial charge in [0, 0.05) is 43.3 Å². The summed E-state index contributed by atoms with van der Waals surface area (Å²) in [5.41, 5.74) is 3.18. The lowest BCUT2D eigenvalue weighted by Crippen LogP contribution is -2.41. The first-order chi connectivity index (χ1) is 15.5. The molecule has 0 radical (unpaired) electrons. The number of nitrogens with one attached hydrogen (secondary N) is 2. The van der Waals surface area contributed by atoms with Gasteiger partial charge in [-0.1, -0.05) is 6.92 Å². The van der Waals surface area contributed by atoms with Gasteiger partial charge in [0.25, 0.3) is 5.91 Å². The Balaban J connectivity index is 1.42. The molecule has 1 aromatic carbocycles. The fourth-order valence-corrected chi connectivity index (χ4v) is 4.49. The van der Waals surface area contributed by atoms with E-state index in [1.165, 1.54) is 4.90 Å². The predicted octanol–water partition coefficient (Wildman–Crippen LogP) is 3.76. The quantitative estimate of drug-likeness (QED) is 0.405. The molecule has 0 saturated carbocycles. The monoisotopic (exact) mass is 548 g/mol. The molecule has 4 rings (SSSR count).